The van der Waals surface area contributed by atoms with Gasteiger partial charge in [0.1, 0.15) is 0 Å². The average Bonchev–Trinajstić information content (AvgIpc) is 2.47. The SMILES string of the molecule is COCCP(C)(=O)[O][Al]([O]P(C)(=O)CCOC)[O]P(C)(=O)CCOC. The summed E-state index contributed by atoms with van der Waals surface area (Å²) in [6, 6.07) is 0. The molecule has 0 saturated heterocycles. The first kappa shape index (κ1) is 26.0. The summed E-state index contributed by atoms with van der Waals surface area (Å²) in [5, 5.41) is 0. The van der Waals surface area contributed by atoms with E-state index in [1.54, 1.807) is 0 Å². The maximum Gasteiger partial charge on any atom is 0.921 e. The van der Waals surface area contributed by atoms with Crippen molar-refractivity contribution in [3.05, 3.63) is 0 Å². The van der Waals surface area contributed by atoms with Crippen molar-refractivity contribution in [1.82, 2.24) is 0 Å². The van der Waals surface area contributed by atoms with Gasteiger partial charge < -0.3 is 24.9 Å². The first-order valence-corrected chi connectivity index (χ1v) is 15.9. The summed E-state index contributed by atoms with van der Waals surface area (Å²) in [6.07, 6.45) is 0.452. The average molecular weight is 438 g/mol. The lowest BCUT2D eigenvalue weighted by atomic mass is 10.9. The largest absolute Gasteiger partial charge is 0.921 e. The van der Waals surface area contributed by atoms with Crippen LogP contribution in [-0.2, 0) is 38.6 Å². The summed E-state index contributed by atoms with van der Waals surface area (Å²) in [5.41, 5.74) is 0. The van der Waals surface area contributed by atoms with Crippen molar-refractivity contribution in [3.8, 4) is 0 Å². The number of rotatable bonds is 15. The summed E-state index contributed by atoms with van der Waals surface area (Å²) < 4.78 is 68.8. The second kappa shape index (κ2) is 12.4. The van der Waals surface area contributed by atoms with Crippen LogP contribution in [0.25, 0.3) is 0 Å². The quantitative estimate of drug-likeness (QED) is 0.282. The van der Waals surface area contributed by atoms with Crippen LogP contribution in [0.1, 0.15) is 0 Å². The molecule has 0 rings (SSSR count). The first-order chi connectivity index (χ1) is 11.5. The van der Waals surface area contributed by atoms with Crippen LogP contribution in [0.5, 0.6) is 0 Å². The van der Waals surface area contributed by atoms with Crippen LogP contribution in [0.15, 0.2) is 0 Å². The smallest absolute Gasteiger partial charge is 0.405 e. The third-order valence-corrected chi connectivity index (χ3v) is 13.4. The van der Waals surface area contributed by atoms with Crippen molar-refractivity contribution in [3.63, 3.8) is 0 Å². The second-order valence-corrected chi connectivity index (χ2v) is 16.3. The molecule has 9 nitrogen and oxygen atoms in total. The molecule has 150 valence electrons. The van der Waals surface area contributed by atoms with Gasteiger partial charge in [0.15, 0.2) is 22.1 Å². The normalized spacial score (nSPS) is 19.0. The third kappa shape index (κ3) is 13.7. The Bertz CT molecular complexity index is 445. The second-order valence-electron chi connectivity index (χ2n) is 5.80. The number of hydrogen-bond donors (Lipinski definition) is 0. The van der Waals surface area contributed by atoms with Crippen molar-refractivity contribution in [2.75, 3.05) is 79.6 Å². The Balaban J connectivity index is 5.13. The lowest BCUT2D eigenvalue weighted by Crippen LogP contribution is -2.26. The van der Waals surface area contributed by atoms with Gasteiger partial charge in [0, 0.05) is 59.8 Å². The highest BCUT2D eigenvalue weighted by molar-refractivity contribution is 7.62. The molecule has 3 atom stereocenters. The molecule has 0 aliphatic carbocycles. The van der Waals surface area contributed by atoms with Crippen molar-refractivity contribution in [2.45, 2.75) is 0 Å². The summed E-state index contributed by atoms with van der Waals surface area (Å²) in [5.74, 6) is 0. The van der Waals surface area contributed by atoms with Crippen LogP contribution < -0.4 is 0 Å². The van der Waals surface area contributed by atoms with Gasteiger partial charge in [-0.1, -0.05) is 0 Å². The minimum absolute atomic E-state index is 0.151. The van der Waals surface area contributed by atoms with E-state index in [2.05, 4.69) is 0 Å². The van der Waals surface area contributed by atoms with Crippen molar-refractivity contribution < 1.29 is 38.6 Å². The van der Waals surface area contributed by atoms with E-state index in [0.29, 0.717) is 0 Å². The van der Waals surface area contributed by atoms with Gasteiger partial charge in [0.05, 0.1) is 19.8 Å². The van der Waals surface area contributed by atoms with Crippen molar-refractivity contribution in [2.24, 2.45) is 0 Å². The fourth-order valence-corrected chi connectivity index (χ4v) is 10.2. The molecule has 0 aromatic heterocycles. The van der Waals surface area contributed by atoms with Crippen LogP contribution in [0.2, 0.25) is 0 Å². The third-order valence-electron chi connectivity index (χ3n) is 3.03. The molecule has 0 spiro atoms. The molecule has 0 amide bonds. The van der Waals surface area contributed by atoms with Crippen molar-refractivity contribution >= 4 is 37.3 Å². The zero-order valence-corrected chi connectivity index (χ0v) is 19.7. The lowest BCUT2D eigenvalue weighted by Gasteiger charge is -2.24. The molecule has 0 saturated carbocycles. The Morgan fingerprint density at radius 3 is 1.04 bits per heavy atom. The van der Waals surface area contributed by atoms with E-state index >= 15 is 0 Å². The summed E-state index contributed by atoms with van der Waals surface area (Å²) in [6.45, 7) is 4.96. The molecule has 0 radical (unpaired) electrons. The predicted octanol–water partition coefficient (Wildman–Crippen LogP) is 2.68. The molecule has 0 aromatic carbocycles. The summed E-state index contributed by atoms with van der Waals surface area (Å²) in [7, 11) is -4.87. The first-order valence-electron chi connectivity index (χ1n) is 7.68. The molecule has 3 unspecified atom stereocenters. The molecule has 0 aromatic rings. The van der Waals surface area contributed by atoms with E-state index in [9.17, 15) is 13.7 Å². The highest BCUT2D eigenvalue weighted by Crippen LogP contribution is 2.52. The van der Waals surface area contributed by atoms with E-state index in [4.69, 9.17) is 24.9 Å². The van der Waals surface area contributed by atoms with Gasteiger partial charge in [-0.05, 0) is 0 Å². The lowest BCUT2D eigenvalue weighted by molar-refractivity contribution is 0.210. The highest BCUT2D eigenvalue weighted by Gasteiger charge is 2.45. The zero-order valence-electron chi connectivity index (χ0n) is 15.8. The molecule has 13 heteroatoms. The molecule has 25 heavy (non-hydrogen) atoms. The Hall–Kier alpha value is 0.982. The van der Waals surface area contributed by atoms with Crippen LogP contribution in [-0.4, -0.2) is 94.8 Å². The Kier molecular flexibility index (Phi) is 12.9. The Morgan fingerprint density at radius 1 is 0.600 bits per heavy atom. The number of methoxy groups -OCH3 is 3. The van der Waals surface area contributed by atoms with Gasteiger partial charge in [-0.2, -0.15) is 0 Å². The fraction of sp³-hybridized carbons (Fsp3) is 1.00. The fourth-order valence-electron chi connectivity index (χ4n) is 1.53. The monoisotopic (exact) mass is 438 g/mol. The molecule has 0 aliphatic heterocycles. The standard InChI is InChI=1S/3C4H11O3P.Al/c3*1-7-3-4-8(2,5)6;/h3*3-4H2,1-2H3,(H,5,6);/q;;;+3/p-3. The van der Waals surface area contributed by atoms with E-state index in [1.165, 1.54) is 41.3 Å². The summed E-state index contributed by atoms with van der Waals surface area (Å²) in [4.78, 5) is 0. The van der Waals surface area contributed by atoms with Crippen LogP contribution >= 0.6 is 22.1 Å². The van der Waals surface area contributed by atoms with Crippen molar-refractivity contribution in [1.29, 1.82) is 0 Å². The topological polar surface area (TPSA) is 107 Å². The minimum Gasteiger partial charge on any atom is -0.405 e. The number of ether oxygens (including phenoxy) is 3. The molecular weight excluding hydrogens is 408 g/mol. The van der Waals surface area contributed by atoms with Crippen LogP contribution in [0.4, 0.5) is 0 Å². The molecular formula is C12H30AlO9P3. The van der Waals surface area contributed by atoms with Gasteiger partial charge in [0.2, 0.25) is 0 Å². The molecule has 0 heterocycles. The molecule has 0 N–H and O–H groups in total. The Labute approximate surface area is 155 Å². The van der Waals surface area contributed by atoms with Gasteiger partial charge in [0.25, 0.3) is 0 Å². The number of hydrogen-bond acceptors (Lipinski definition) is 9. The maximum atomic E-state index is 12.5. The van der Waals surface area contributed by atoms with Gasteiger partial charge in [-0.15, -0.1) is 0 Å². The summed E-state index contributed by atoms with van der Waals surface area (Å²) >= 11 is -3.19. The van der Waals surface area contributed by atoms with E-state index in [1.807, 2.05) is 0 Å². The van der Waals surface area contributed by atoms with E-state index in [0.717, 1.165) is 0 Å². The van der Waals surface area contributed by atoms with Crippen LogP contribution in [0.3, 0.4) is 0 Å². The highest BCUT2D eigenvalue weighted by atomic mass is 31.2. The van der Waals surface area contributed by atoms with Gasteiger partial charge in [-0.25, -0.2) is 0 Å². The molecule has 0 aliphatic rings. The molecule has 0 bridgehead atoms. The van der Waals surface area contributed by atoms with Gasteiger partial charge in [-0.3, -0.25) is 13.7 Å². The van der Waals surface area contributed by atoms with Gasteiger partial charge >= 0.3 is 15.1 Å². The van der Waals surface area contributed by atoms with Crippen LogP contribution in [0, 0.1) is 0 Å². The molecule has 0 fully saturated rings. The predicted molar refractivity (Wildman–Crippen MR) is 99.8 cm³/mol. The maximum absolute atomic E-state index is 12.5. The minimum atomic E-state index is -3.19. The Morgan fingerprint density at radius 2 is 0.840 bits per heavy atom. The van der Waals surface area contributed by atoms with E-state index < -0.39 is 37.3 Å². The zero-order chi connectivity index (χ0) is 19.6. The van der Waals surface area contributed by atoms with E-state index in [-0.39, 0.29) is 38.3 Å².